The fraction of sp³-hybridized carbons (Fsp3) is 0.500. The van der Waals surface area contributed by atoms with Gasteiger partial charge in [-0.05, 0) is 43.1 Å². The first-order valence-corrected chi connectivity index (χ1v) is 11.1. The molecule has 2 aromatic rings. The molecule has 1 amide bonds. The molecule has 6 nitrogen and oxygen atoms in total. The van der Waals surface area contributed by atoms with Gasteiger partial charge in [-0.1, -0.05) is 31.5 Å². The van der Waals surface area contributed by atoms with Gasteiger partial charge in [0.05, 0.1) is 5.56 Å². The van der Waals surface area contributed by atoms with Crippen LogP contribution < -0.4 is 10.2 Å². The lowest BCUT2D eigenvalue weighted by Gasteiger charge is -2.37. The summed E-state index contributed by atoms with van der Waals surface area (Å²) in [6, 6.07) is 12.5. The fourth-order valence-electron chi connectivity index (χ4n) is 3.98. The number of hydrogen-bond donors (Lipinski definition) is 1. The van der Waals surface area contributed by atoms with Crippen LogP contribution in [0.5, 0.6) is 0 Å². The van der Waals surface area contributed by atoms with Gasteiger partial charge in [-0.2, -0.15) is 0 Å². The summed E-state index contributed by atoms with van der Waals surface area (Å²) in [6.45, 7) is 8.45. The number of nitrogens with zero attached hydrogens (tertiary/aromatic N) is 4. The van der Waals surface area contributed by atoms with Gasteiger partial charge in [-0.25, -0.2) is 4.98 Å². The van der Waals surface area contributed by atoms with Crippen molar-refractivity contribution in [2.45, 2.75) is 26.2 Å². The van der Waals surface area contributed by atoms with Gasteiger partial charge in [0.25, 0.3) is 5.91 Å². The third-order valence-corrected chi connectivity index (χ3v) is 5.61. The second-order valence-corrected chi connectivity index (χ2v) is 8.09. The van der Waals surface area contributed by atoms with Crippen LogP contribution in [0.3, 0.4) is 0 Å². The van der Waals surface area contributed by atoms with Crippen LogP contribution in [0.4, 0.5) is 11.5 Å². The first-order chi connectivity index (χ1) is 14.6. The molecule has 1 aromatic heterocycles. The Hall–Kier alpha value is -2.31. The number of pyridine rings is 1. The van der Waals surface area contributed by atoms with Crippen LogP contribution in [0.25, 0.3) is 0 Å². The molecule has 1 aliphatic heterocycles. The lowest BCUT2D eigenvalue weighted by Crippen LogP contribution is -2.47. The molecule has 1 aliphatic rings. The molecular weight excluding hydrogens is 410 g/mol. The van der Waals surface area contributed by atoms with Crippen LogP contribution in [0.15, 0.2) is 42.6 Å². The summed E-state index contributed by atoms with van der Waals surface area (Å²) in [5.74, 6) is 0.652. The molecule has 1 aromatic carbocycles. The van der Waals surface area contributed by atoms with Gasteiger partial charge in [0.2, 0.25) is 0 Å². The van der Waals surface area contributed by atoms with Gasteiger partial charge in [0.1, 0.15) is 5.82 Å². The first kappa shape index (κ1) is 25.0. The zero-order valence-corrected chi connectivity index (χ0v) is 19.8. The molecule has 1 saturated heterocycles. The highest BCUT2D eigenvalue weighted by molar-refractivity contribution is 5.98. The summed E-state index contributed by atoms with van der Waals surface area (Å²) in [4.78, 5) is 23.3. The Kier molecular flexibility index (Phi) is 10.1. The molecule has 170 valence electrons. The van der Waals surface area contributed by atoms with E-state index in [-0.39, 0.29) is 18.3 Å². The Balaban J connectivity index is 0.00000341. The molecule has 0 unspecified atom stereocenters. The molecule has 0 atom stereocenters. The van der Waals surface area contributed by atoms with Crippen molar-refractivity contribution < 1.29 is 4.79 Å². The predicted molar refractivity (Wildman–Crippen MR) is 132 cm³/mol. The topological polar surface area (TPSA) is 51.7 Å². The van der Waals surface area contributed by atoms with Crippen molar-refractivity contribution in [3.8, 4) is 0 Å². The lowest BCUT2D eigenvalue weighted by atomic mass is 10.1. The van der Waals surface area contributed by atoms with Crippen LogP contribution in [-0.2, 0) is 6.42 Å². The number of para-hydroxylation sites is 1. The van der Waals surface area contributed by atoms with Gasteiger partial charge in [-0.3, -0.25) is 9.69 Å². The minimum absolute atomic E-state index is 0. The van der Waals surface area contributed by atoms with Crippen molar-refractivity contribution in [3.05, 3.63) is 53.7 Å². The van der Waals surface area contributed by atoms with Gasteiger partial charge in [0.15, 0.2) is 0 Å². The third-order valence-electron chi connectivity index (χ3n) is 5.61. The van der Waals surface area contributed by atoms with E-state index < -0.39 is 0 Å². The highest BCUT2D eigenvalue weighted by Crippen LogP contribution is 2.23. The van der Waals surface area contributed by atoms with E-state index in [4.69, 9.17) is 0 Å². The summed E-state index contributed by atoms with van der Waals surface area (Å²) in [7, 11) is 3.53. The number of benzene rings is 1. The highest BCUT2D eigenvalue weighted by atomic mass is 35.5. The van der Waals surface area contributed by atoms with E-state index in [1.807, 2.05) is 6.07 Å². The summed E-state index contributed by atoms with van der Waals surface area (Å²) >= 11 is 0. The molecule has 0 spiro atoms. The van der Waals surface area contributed by atoms with Gasteiger partial charge >= 0.3 is 0 Å². The molecule has 0 radical (unpaired) electrons. The number of aryl methyl sites for hydroxylation is 1. The largest absolute Gasteiger partial charge is 0.369 e. The monoisotopic (exact) mass is 445 g/mol. The average Bonchev–Trinajstić information content (AvgIpc) is 2.77. The molecule has 7 heteroatoms. The zero-order chi connectivity index (χ0) is 21.3. The van der Waals surface area contributed by atoms with Crippen LogP contribution in [0.1, 0.15) is 35.7 Å². The fourth-order valence-corrected chi connectivity index (χ4v) is 3.98. The maximum absolute atomic E-state index is 12.3. The number of nitrogens with one attached hydrogen (secondary N) is 1. The van der Waals surface area contributed by atoms with E-state index in [2.05, 4.69) is 51.3 Å². The quantitative estimate of drug-likeness (QED) is 0.595. The van der Waals surface area contributed by atoms with Crippen molar-refractivity contribution >= 4 is 29.8 Å². The van der Waals surface area contributed by atoms with E-state index in [1.165, 1.54) is 17.7 Å². The number of carbonyl (C=O) groups excluding carboxylic acids is 1. The van der Waals surface area contributed by atoms with E-state index >= 15 is 0 Å². The van der Waals surface area contributed by atoms with E-state index in [0.29, 0.717) is 11.4 Å². The molecular formula is C24H36ClN5O. The number of halogens is 1. The average molecular weight is 446 g/mol. The van der Waals surface area contributed by atoms with E-state index in [1.54, 1.807) is 31.3 Å². The first-order valence-electron chi connectivity index (χ1n) is 11.1. The summed E-state index contributed by atoms with van der Waals surface area (Å²) < 4.78 is 0. The Labute approximate surface area is 193 Å². The van der Waals surface area contributed by atoms with Gasteiger partial charge in [0, 0.05) is 58.7 Å². The number of anilines is 2. The van der Waals surface area contributed by atoms with Gasteiger partial charge < -0.3 is 15.1 Å². The minimum atomic E-state index is -0.0231. The number of amides is 1. The third kappa shape index (κ3) is 6.84. The molecule has 1 N–H and O–H groups in total. The van der Waals surface area contributed by atoms with Crippen LogP contribution in [0.2, 0.25) is 0 Å². The molecule has 0 aliphatic carbocycles. The van der Waals surface area contributed by atoms with Gasteiger partial charge in [-0.15, -0.1) is 12.4 Å². The van der Waals surface area contributed by atoms with E-state index in [9.17, 15) is 4.79 Å². The van der Waals surface area contributed by atoms with Crippen LogP contribution in [0, 0.1) is 0 Å². The normalized spacial score (nSPS) is 14.1. The molecule has 31 heavy (non-hydrogen) atoms. The standard InChI is InChI=1S/C24H35N5O.ClH/c1-4-9-20-10-5-6-12-22(20)29-18-16-28(17-19-29)15-8-14-26-23-21(11-7-13-25-23)24(30)27(2)3;/h5-7,10-13H,4,8-9,14-19H2,1-3H3,(H,25,26);1H. The number of piperazine rings is 1. The number of carbonyl (C=O) groups is 1. The smallest absolute Gasteiger partial charge is 0.257 e. The van der Waals surface area contributed by atoms with Crippen molar-refractivity contribution in [1.29, 1.82) is 0 Å². The summed E-state index contributed by atoms with van der Waals surface area (Å²) in [5, 5.41) is 3.35. The molecule has 1 fully saturated rings. The van der Waals surface area contributed by atoms with Crippen molar-refractivity contribution in [1.82, 2.24) is 14.8 Å². The van der Waals surface area contributed by atoms with Crippen LogP contribution >= 0.6 is 12.4 Å². The minimum Gasteiger partial charge on any atom is -0.369 e. The SMILES string of the molecule is CCCc1ccccc1N1CCN(CCCNc2ncccc2C(=O)N(C)C)CC1.Cl. The second-order valence-electron chi connectivity index (χ2n) is 8.09. The van der Waals surface area contributed by atoms with Crippen molar-refractivity contribution in [2.75, 3.05) is 63.6 Å². The Morgan fingerprint density at radius 1 is 1.10 bits per heavy atom. The summed E-state index contributed by atoms with van der Waals surface area (Å²) in [6.07, 6.45) is 5.08. The second kappa shape index (κ2) is 12.5. The zero-order valence-electron chi connectivity index (χ0n) is 19.0. The van der Waals surface area contributed by atoms with Crippen molar-refractivity contribution in [2.24, 2.45) is 0 Å². The molecule has 0 saturated carbocycles. The van der Waals surface area contributed by atoms with E-state index in [0.717, 1.165) is 52.1 Å². The van der Waals surface area contributed by atoms with Crippen LogP contribution in [-0.4, -0.2) is 74.1 Å². The highest BCUT2D eigenvalue weighted by Gasteiger charge is 2.19. The number of rotatable bonds is 9. The Morgan fingerprint density at radius 2 is 1.84 bits per heavy atom. The molecule has 3 rings (SSSR count). The maximum Gasteiger partial charge on any atom is 0.257 e. The summed E-state index contributed by atoms with van der Waals surface area (Å²) in [5.41, 5.74) is 3.51. The Bertz CT molecular complexity index is 821. The predicted octanol–water partition coefficient (Wildman–Crippen LogP) is 3.78. The Morgan fingerprint density at radius 3 is 2.55 bits per heavy atom. The van der Waals surface area contributed by atoms with Crippen molar-refractivity contribution in [3.63, 3.8) is 0 Å². The number of aromatic nitrogens is 1. The lowest BCUT2D eigenvalue weighted by molar-refractivity contribution is 0.0828. The molecule has 2 heterocycles. The maximum atomic E-state index is 12.3. The number of hydrogen-bond acceptors (Lipinski definition) is 5. The molecule has 0 bridgehead atoms.